The van der Waals surface area contributed by atoms with Crippen LogP contribution in [-0.4, -0.2) is 18.4 Å². The quantitative estimate of drug-likeness (QED) is 0.610. The van der Waals surface area contributed by atoms with Crippen LogP contribution in [0.25, 0.3) is 0 Å². The molecule has 0 radical (unpaired) electrons. The molecule has 1 aliphatic heterocycles. The summed E-state index contributed by atoms with van der Waals surface area (Å²) in [5.41, 5.74) is 0. The molecular weight excluding hydrogens is 168 g/mol. The highest BCUT2D eigenvalue weighted by atomic mass is 16.7. The van der Waals surface area contributed by atoms with Crippen molar-refractivity contribution in [3.63, 3.8) is 0 Å². The van der Waals surface area contributed by atoms with E-state index in [-0.39, 0.29) is 12.1 Å². The molecule has 0 bridgehead atoms. The Morgan fingerprint density at radius 1 is 1.31 bits per heavy atom. The number of hydrogen-bond donors (Lipinski definition) is 0. The zero-order valence-corrected chi connectivity index (χ0v) is 7.57. The average Bonchev–Trinajstić information content (AvgIpc) is 2.53. The van der Waals surface area contributed by atoms with Gasteiger partial charge in [-0.2, -0.15) is 0 Å². The standard InChI is InChI=1S/C10H14O3/c11-9-6-7-10(13-9)12-8-4-2-1-3-5-8/h6-8,10H,1-5H2. The van der Waals surface area contributed by atoms with Crippen LogP contribution in [0.5, 0.6) is 0 Å². The zero-order valence-electron chi connectivity index (χ0n) is 7.57. The van der Waals surface area contributed by atoms with Gasteiger partial charge in [0.05, 0.1) is 6.10 Å². The van der Waals surface area contributed by atoms with Gasteiger partial charge in [-0.05, 0) is 18.9 Å². The van der Waals surface area contributed by atoms with Crippen molar-refractivity contribution in [2.24, 2.45) is 0 Å². The Morgan fingerprint density at radius 3 is 2.69 bits per heavy atom. The molecule has 3 nitrogen and oxygen atoms in total. The Balaban J connectivity index is 1.77. The topological polar surface area (TPSA) is 35.5 Å². The van der Waals surface area contributed by atoms with E-state index in [1.807, 2.05) is 0 Å². The molecule has 0 aromatic carbocycles. The third-order valence-electron chi connectivity index (χ3n) is 2.50. The summed E-state index contributed by atoms with van der Waals surface area (Å²) in [6, 6.07) is 0. The first-order valence-corrected chi connectivity index (χ1v) is 4.89. The van der Waals surface area contributed by atoms with E-state index < -0.39 is 6.29 Å². The maximum atomic E-state index is 10.7. The number of esters is 1. The van der Waals surface area contributed by atoms with Crippen LogP contribution in [0.2, 0.25) is 0 Å². The lowest BCUT2D eigenvalue weighted by atomic mass is 9.98. The lowest BCUT2D eigenvalue weighted by Gasteiger charge is -2.23. The Labute approximate surface area is 77.7 Å². The second kappa shape index (κ2) is 3.92. The number of carbonyl (C=O) groups excluding carboxylic acids is 1. The molecule has 1 saturated carbocycles. The van der Waals surface area contributed by atoms with E-state index in [1.54, 1.807) is 6.08 Å². The molecule has 1 atom stereocenters. The van der Waals surface area contributed by atoms with Crippen LogP contribution < -0.4 is 0 Å². The van der Waals surface area contributed by atoms with Crippen LogP contribution in [0.3, 0.4) is 0 Å². The van der Waals surface area contributed by atoms with E-state index in [1.165, 1.54) is 25.3 Å². The van der Waals surface area contributed by atoms with E-state index >= 15 is 0 Å². The maximum Gasteiger partial charge on any atom is 0.333 e. The van der Waals surface area contributed by atoms with E-state index in [9.17, 15) is 4.79 Å². The molecule has 0 spiro atoms. The van der Waals surface area contributed by atoms with Gasteiger partial charge in [0, 0.05) is 6.08 Å². The van der Waals surface area contributed by atoms with Crippen molar-refractivity contribution in [1.29, 1.82) is 0 Å². The Kier molecular flexibility index (Phi) is 2.64. The average molecular weight is 182 g/mol. The number of rotatable bonds is 2. The van der Waals surface area contributed by atoms with Crippen LogP contribution in [0, 0.1) is 0 Å². The molecule has 72 valence electrons. The number of carbonyl (C=O) groups is 1. The minimum Gasteiger partial charge on any atom is -0.429 e. The first-order chi connectivity index (χ1) is 6.34. The molecule has 0 saturated heterocycles. The Bertz CT molecular complexity index is 216. The van der Waals surface area contributed by atoms with Crippen molar-refractivity contribution in [3.05, 3.63) is 12.2 Å². The number of ether oxygens (including phenoxy) is 2. The van der Waals surface area contributed by atoms with Gasteiger partial charge < -0.3 is 9.47 Å². The normalized spacial score (nSPS) is 29.2. The summed E-state index contributed by atoms with van der Waals surface area (Å²) in [5, 5.41) is 0. The van der Waals surface area contributed by atoms with E-state index in [0.29, 0.717) is 0 Å². The third kappa shape index (κ3) is 2.31. The molecule has 1 fully saturated rings. The van der Waals surface area contributed by atoms with Gasteiger partial charge in [0.15, 0.2) is 0 Å². The molecule has 0 amide bonds. The van der Waals surface area contributed by atoms with Gasteiger partial charge in [-0.1, -0.05) is 19.3 Å². The molecule has 1 aliphatic carbocycles. The summed E-state index contributed by atoms with van der Waals surface area (Å²) in [6.45, 7) is 0. The van der Waals surface area contributed by atoms with Crippen molar-refractivity contribution >= 4 is 5.97 Å². The summed E-state index contributed by atoms with van der Waals surface area (Å²) in [7, 11) is 0. The fraction of sp³-hybridized carbons (Fsp3) is 0.700. The summed E-state index contributed by atoms with van der Waals surface area (Å²) in [5.74, 6) is -0.291. The first kappa shape index (κ1) is 8.75. The molecule has 2 aliphatic rings. The second-order valence-electron chi connectivity index (χ2n) is 3.56. The van der Waals surface area contributed by atoms with Crippen molar-refractivity contribution in [3.8, 4) is 0 Å². The summed E-state index contributed by atoms with van der Waals surface area (Å²) in [6.07, 6.45) is 8.93. The Morgan fingerprint density at radius 2 is 2.08 bits per heavy atom. The highest BCUT2D eigenvalue weighted by Gasteiger charge is 2.22. The van der Waals surface area contributed by atoms with E-state index in [2.05, 4.69) is 0 Å². The van der Waals surface area contributed by atoms with Gasteiger partial charge in [0.25, 0.3) is 0 Å². The molecule has 3 heteroatoms. The summed E-state index contributed by atoms with van der Waals surface area (Å²) >= 11 is 0. The molecule has 0 aromatic rings. The van der Waals surface area contributed by atoms with Gasteiger partial charge >= 0.3 is 5.97 Å². The SMILES string of the molecule is O=C1C=CC(OC2CCCCC2)O1. The molecule has 1 unspecified atom stereocenters. The van der Waals surface area contributed by atoms with E-state index in [0.717, 1.165) is 12.8 Å². The lowest BCUT2D eigenvalue weighted by molar-refractivity contribution is -0.168. The summed E-state index contributed by atoms with van der Waals surface area (Å²) < 4.78 is 10.5. The molecule has 13 heavy (non-hydrogen) atoms. The predicted octanol–water partition coefficient (Wildman–Crippen LogP) is 1.77. The zero-order chi connectivity index (χ0) is 9.10. The van der Waals surface area contributed by atoms with Gasteiger partial charge in [0.1, 0.15) is 0 Å². The molecule has 0 aromatic heterocycles. The van der Waals surface area contributed by atoms with Crippen LogP contribution in [-0.2, 0) is 14.3 Å². The molecule has 0 N–H and O–H groups in total. The van der Waals surface area contributed by atoms with Crippen molar-refractivity contribution in [2.45, 2.75) is 44.5 Å². The summed E-state index contributed by atoms with van der Waals surface area (Å²) in [4.78, 5) is 10.7. The molecular formula is C10H14O3. The first-order valence-electron chi connectivity index (χ1n) is 4.89. The third-order valence-corrected chi connectivity index (χ3v) is 2.50. The van der Waals surface area contributed by atoms with Crippen LogP contribution in [0.15, 0.2) is 12.2 Å². The highest BCUT2D eigenvalue weighted by Crippen LogP contribution is 2.22. The van der Waals surface area contributed by atoms with Crippen molar-refractivity contribution in [1.82, 2.24) is 0 Å². The van der Waals surface area contributed by atoms with Gasteiger partial charge in [-0.3, -0.25) is 0 Å². The van der Waals surface area contributed by atoms with Crippen LogP contribution >= 0.6 is 0 Å². The lowest BCUT2D eigenvalue weighted by Crippen LogP contribution is -2.23. The highest BCUT2D eigenvalue weighted by molar-refractivity contribution is 5.84. The monoisotopic (exact) mass is 182 g/mol. The minimum atomic E-state index is -0.421. The van der Waals surface area contributed by atoms with Gasteiger partial charge in [-0.15, -0.1) is 0 Å². The fourth-order valence-corrected chi connectivity index (χ4v) is 1.81. The van der Waals surface area contributed by atoms with Gasteiger partial charge in [0.2, 0.25) is 6.29 Å². The molecule has 2 rings (SSSR count). The van der Waals surface area contributed by atoms with Crippen molar-refractivity contribution in [2.75, 3.05) is 0 Å². The fourth-order valence-electron chi connectivity index (χ4n) is 1.81. The van der Waals surface area contributed by atoms with Crippen molar-refractivity contribution < 1.29 is 14.3 Å². The number of cyclic esters (lactones) is 1. The molecule has 1 heterocycles. The van der Waals surface area contributed by atoms with Crippen LogP contribution in [0.4, 0.5) is 0 Å². The largest absolute Gasteiger partial charge is 0.429 e. The van der Waals surface area contributed by atoms with Gasteiger partial charge in [-0.25, -0.2) is 4.79 Å². The predicted molar refractivity (Wildman–Crippen MR) is 47.0 cm³/mol. The Hall–Kier alpha value is -0.830. The van der Waals surface area contributed by atoms with E-state index in [4.69, 9.17) is 9.47 Å². The van der Waals surface area contributed by atoms with Crippen LogP contribution in [0.1, 0.15) is 32.1 Å². The second-order valence-corrected chi connectivity index (χ2v) is 3.56. The smallest absolute Gasteiger partial charge is 0.333 e. The minimum absolute atomic E-state index is 0.286. The number of hydrogen-bond acceptors (Lipinski definition) is 3. The maximum absolute atomic E-state index is 10.7.